The Balaban J connectivity index is 2.05. The van der Waals surface area contributed by atoms with E-state index in [0.29, 0.717) is 17.1 Å². The summed E-state index contributed by atoms with van der Waals surface area (Å²) in [5, 5.41) is 4.66. The minimum absolute atomic E-state index is 0.0843. The Morgan fingerprint density at radius 3 is 2.89 bits per heavy atom. The number of nitrogens with zero attached hydrogens (tertiary/aromatic N) is 3. The molecule has 0 atom stereocenters. The third-order valence-electron chi connectivity index (χ3n) is 2.89. The molecule has 96 valence electrons. The van der Waals surface area contributed by atoms with Crippen molar-refractivity contribution >= 4 is 33.0 Å². The first-order valence-electron chi connectivity index (χ1n) is 5.62. The van der Waals surface area contributed by atoms with Gasteiger partial charge in [0.25, 0.3) is 5.56 Å². The number of halogens is 2. The molecule has 0 bridgehead atoms. The van der Waals surface area contributed by atoms with Crippen LogP contribution in [0.1, 0.15) is 5.56 Å². The summed E-state index contributed by atoms with van der Waals surface area (Å²) in [7, 11) is 0. The Morgan fingerprint density at radius 1 is 1.26 bits per heavy atom. The van der Waals surface area contributed by atoms with Crippen LogP contribution in [0.25, 0.3) is 5.52 Å². The lowest BCUT2D eigenvalue weighted by atomic mass is 10.2. The van der Waals surface area contributed by atoms with E-state index in [1.165, 1.54) is 0 Å². The highest BCUT2D eigenvalue weighted by Crippen LogP contribution is 2.21. The van der Waals surface area contributed by atoms with Gasteiger partial charge in [0.05, 0.1) is 12.7 Å². The average molecular weight is 339 g/mol. The van der Waals surface area contributed by atoms with Crippen LogP contribution >= 0.6 is 27.5 Å². The summed E-state index contributed by atoms with van der Waals surface area (Å²) in [4.78, 5) is 12.2. The van der Waals surface area contributed by atoms with E-state index in [9.17, 15) is 4.79 Å². The fourth-order valence-electron chi connectivity index (χ4n) is 1.92. The van der Waals surface area contributed by atoms with Gasteiger partial charge in [-0.3, -0.25) is 4.79 Å². The standard InChI is InChI=1S/C13H9BrClN3O/c14-10-2-1-9(11(15)7-10)8-17-5-6-18-12(13(17)19)3-4-16-18/h1-7H,8H2. The van der Waals surface area contributed by atoms with Crippen molar-refractivity contribution in [2.75, 3.05) is 0 Å². The van der Waals surface area contributed by atoms with Crippen molar-refractivity contribution < 1.29 is 0 Å². The number of benzene rings is 1. The van der Waals surface area contributed by atoms with Crippen LogP contribution in [-0.4, -0.2) is 14.2 Å². The van der Waals surface area contributed by atoms with Gasteiger partial charge in [0, 0.05) is 21.9 Å². The molecule has 0 spiro atoms. The molecule has 0 amide bonds. The lowest BCUT2D eigenvalue weighted by Gasteiger charge is -2.08. The second kappa shape index (κ2) is 4.83. The largest absolute Gasteiger partial charge is 0.308 e. The maximum absolute atomic E-state index is 12.2. The normalized spacial score (nSPS) is 11.1. The molecule has 0 aliphatic rings. The fourth-order valence-corrected chi connectivity index (χ4v) is 2.65. The number of aromatic nitrogens is 3. The fraction of sp³-hybridized carbons (Fsp3) is 0.0769. The zero-order valence-electron chi connectivity index (χ0n) is 9.75. The second-order valence-corrected chi connectivity index (χ2v) is 5.45. The van der Waals surface area contributed by atoms with Gasteiger partial charge in [0.2, 0.25) is 0 Å². The van der Waals surface area contributed by atoms with Crippen LogP contribution in [0.5, 0.6) is 0 Å². The highest BCUT2D eigenvalue weighted by Gasteiger charge is 2.06. The zero-order valence-corrected chi connectivity index (χ0v) is 12.1. The van der Waals surface area contributed by atoms with Crippen molar-refractivity contribution in [2.45, 2.75) is 6.54 Å². The number of hydrogen-bond donors (Lipinski definition) is 0. The summed E-state index contributed by atoms with van der Waals surface area (Å²) in [5.41, 5.74) is 1.37. The Hall–Kier alpha value is -1.59. The summed E-state index contributed by atoms with van der Waals surface area (Å²) in [6, 6.07) is 7.32. The van der Waals surface area contributed by atoms with Crippen LogP contribution in [0.15, 0.2) is 52.1 Å². The molecule has 4 nitrogen and oxygen atoms in total. The Labute approximate surface area is 122 Å². The lowest BCUT2D eigenvalue weighted by Crippen LogP contribution is -2.21. The molecular formula is C13H9BrClN3O. The third kappa shape index (κ3) is 2.31. The van der Waals surface area contributed by atoms with Gasteiger partial charge in [-0.25, -0.2) is 4.52 Å². The first kappa shape index (κ1) is 12.4. The molecule has 2 aromatic heterocycles. The minimum Gasteiger partial charge on any atom is -0.308 e. The van der Waals surface area contributed by atoms with Crippen molar-refractivity contribution in [3.05, 3.63) is 68.3 Å². The van der Waals surface area contributed by atoms with Crippen LogP contribution in [0.4, 0.5) is 0 Å². The average Bonchev–Trinajstić information content (AvgIpc) is 2.85. The Kier molecular flexibility index (Phi) is 3.16. The molecule has 0 N–H and O–H groups in total. The summed E-state index contributed by atoms with van der Waals surface area (Å²) < 4.78 is 4.09. The first-order valence-corrected chi connectivity index (χ1v) is 6.79. The molecule has 6 heteroatoms. The topological polar surface area (TPSA) is 39.3 Å². The molecule has 1 aromatic carbocycles. The molecule has 0 saturated heterocycles. The molecule has 3 rings (SSSR count). The predicted octanol–water partition coefficient (Wildman–Crippen LogP) is 2.96. The quantitative estimate of drug-likeness (QED) is 0.720. The zero-order chi connectivity index (χ0) is 13.4. The molecule has 0 aliphatic carbocycles. The molecule has 19 heavy (non-hydrogen) atoms. The SMILES string of the molecule is O=c1c2ccnn2ccn1Cc1ccc(Br)cc1Cl. The summed E-state index contributed by atoms with van der Waals surface area (Å²) in [6.45, 7) is 0.437. The van der Waals surface area contributed by atoms with E-state index in [2.05, 4.69) is 21.0 Å². The monoisotopic (exact) mass is 337 g/mol. The summed E-state index contributed by atoms with van der Waals surface area (Å²) >= 11 is 9.52. The molecular weight excluding hydrogens is 330 g/mol. The van der Waals surface area contributed by atoms with E-state index in [0.717, 1.165) is 10.0 Å². The van der Waals surface area contributed by atoms with E-state index >= 15 is 0 Å². The van der Waals surface area contributed by atoms with E-state index in [1.807, 2.05) is 18.2 Å². The number of rotatable bonds is 2. The van der Waals surface area contributed by atoms with Gasteiger partial charge in [0.1, 0.15) is 5.52 Å². The van der Waals surface area contributed by atoms with Crippen LogP contribution in [0.2, 0.25) is 5.02 Å². The molecule has 0 fully saturated rings. The number of hydrogen-bond acceptors (Lipinski definition) is 2. The minimum atomic E-state index is -0.0843. The van der Waals surface area contributed by atoms with Crippen molar-refractivity contribution in [3.8, 4) is 0 Å². The third-order valence-corrected chi connectivity index (χ3v) is 3.74. The van der Waals surface area contributed by atoms with Gasteiger partial charge in [-0.05, 0) is 23.8 Å². The van der Waals surface area contributed by atoms with E-state index in [4.69, 9.17) is 11.6 Å². The summed E-state index contributed by atoms with van der Waals surface area (Å²) in [5.74, 6) is 0. The van der Waals surface area contributed by atoms with Crippen molar-refractivity contribution in [1.82, 2.24) is 14.2 Å². The number of fused-ring (bicyclic) bond motifs is 1. The van der Waals surface area contributed by atoms with Gasteiger partial charge in [0.15, 0.2) is 0 Å². The highest BCUT2D eigenvalue weighted by molar-refractivity contribution is 9.10. The van der Waals surface area contributed by atoms with E-state index in [-0.39, 0.29) is 5.56 Å². The van der Waals surface area contributed by atoms with Gasteiger partial charge >= 0.3 is 0 Å². The van der Waals surface area contributed by atoms with Gasteiger partial charge in [-0.1, -0.05) is 33.6 Å². The highest BCUT2D eigenvalue weighted by atomic mass is 79.9. The van der Waals surface area contributed by atoms with Crippen molar-refractivity contribution in [2.24, 2.45) is 0 Å². The van der Waals surface area contributed by atoms with Crippen LogP contribution in [0, 0.1) is 0 Å². The lowest BCUT2D eigenvalue weighted by molar-refractivity contribution is 0.743. The Morgan fingerprint density at radius 2 is 2.11 bits per heavy atom. The first-order chi connectivity index (χ1) is 9.15. The van der Waals surface area contributed by atoms with Crippen molar-refractivity contribution in [3.63, 3.8) is 0 Å². The summed E-state index contributed by atoms with van der Waals surface area (Å²) in [6.07, 6.45) is 5.07. The molecule has 0 radical (unpaired) electrons. The molecule has 0 unspecified atom stereocenters. The van der Waals surface area contributed by atoms with Crippen LogP contribution < -0.4 is 5.56 Å². The van der Waals surface area contributed by atoms with E-state index in [1.54, 1.807) is 33.7 Å². The van der Waals surface area contributed by atoms with Gasteiger partial charge < -0.3 is 4.57 Å². The van der Waals surface area contributed by atoms with Gasteiger partial charge in [-0.15, -0.1) is 0 Å². The van der Waals surface area contributed by atoms with Gasteiger partial charge in [-0.2, -0.15) is 5.10 Å². The maximum atomic E-state index is 12.2. The second-order valence-electron chi connectivity index (χ2n) is 4.13. The predicted molar refractivity (Wildman–Crippen MR) is 77.7 cm³/mol. The molecule has 3 aromatic rings. The molecule has 0 saturated carbocycles. The molecule has 0 aliphatic heterocycles. The molecule has 2 heterocycles. The maximum Gasteiger partial charge on any atom is 0.276 e. The Bertz CT molecular complexity index is 809. The van der Waals surface area contributed by atoms with Crippen molar-refractivity contribution in [1.29, 1.82) is 0 Å². The van der Waals surface area contributed by atoms with Crippen LogP contribution in [0.3, 0.4) is 0 Å². The van der Waals surface area contributed by atoms with Crippen LogP contribution in [-0.2, 0) is 6.54 Å². The van der Waals surface area contributed by atoms with E-state index < -0.39 is 0 Å². The smallest absolute Gasteiger partial charge is 0.276 e.